The number of hydrogen-bond donors (Lipinski definition) is 0. The first kappa shape index (κ1) is 17.0. The first-order chi connectivity index (χ1) is 10.2. The lowest BCUT2D eigenvalue weighted by Gasteiger charge is -2.32. The Morgan fingerprint density at radius 1 is 1.23 bits per heavy atom. The molecule has 6 nitrogen and oxygen atoms in total. The van der Waals surface area contributed by atoms with Gasteiger partial charge in [0.15, 0.2) is 0 Å². The van der Waals surface area contributed by atoms with Gasteiger partial charge in [0.2, 0.25) is 10.0 Å². The Bertz CT molecular complexity index is 686. The maximum Gasteiger partial charge on any atom is 0.254 e. The standard InChI is InChI=1S/C15H24N2O4S/c1-11(2)22(19,20)17-7-5-13(6-8-17)21-14-9-12(3)16(4)15(18)10-14/h9-11,13H,5-8H2,1-4H3. The number of sulfonamides is 1. The molecular formula is C15H24N2O4S. The van der Waals surface area contributed by atoms with Crippen LogP contribution in [0.1, 0.15) is 32.4 Å². The van der Waals surface area contributed by atoms with Crippen molar-refractivity contribution in [3.63, 3.8) is 0 Å². The Labute approximate surface area is 131 Å². The smallest absolute Gasteiger partial charge is 0.254 e. The van der Waals surface area contributed by atoms with Crippen molar-refractivity contribution in [1.29, 1.82) is 0 Å². The van der Waals surface area contributed by atoms with Gasteiger partial charge in [-0.25, -0.2) is 12.7 Å². The van der Waals surface area contributed by atoms with E-state index in [1.807, 2.05) is 13.0 Å². The molecule has 2 heterocycles. The van der Waals surface area contributed by atoms with Gasteiger partial charge >= 0.3 is 0 Å². The third kappa shape index (κ3) is 3.52. The largest absolute Gasteiger partial charge is 0.490 e. The van der Waals surface area contributed by atoms with Gasteiger partial charge in [0.1, 0.15) is 11.9 Å². The molecule has 0 saturated carbocycles. The van der Waals surface area contributed by atoms with E-state index in [0.29, 0.717) is 31.7 Å². The van der Waals surface area contributed by atoms with Crippen molar-refractivity contribution in [2.75, 3.05) is 13.1 Å². The van der Waals surface area contributed by atoms with Crippen molar-refractivity contribution >= 4 is 10.0 Å². The van der Waals surface area contributed by atoms with Crippen molar-refractivity contribution in [2.24, 2.45) is 7.05 Å². The molecule has 124 valence electrons. The van der Waals surface area contributed by atoms with E-state index in [4.69, 9.17) is 4.74 Å². The molecule has 0 aromatic carbocycles. The maximum atomic E-state index is 12.1. The van der Waals surface area contributed by atoms with Crippen molar-refractivity contribution in [3.8, 4) is 5.75 Å². The molecule has 1 saturated heterocycles. The predicted octanol–water partition coefficient (Wildman–Crippen LogP) is 1.28. The lowest BCUT2D eigenvalue weighted by molar-refractivity contribution is 0.134. The highest BCUT2D eigenvalue weighted by atomic mass is 32.2. The summed E-state index contributed by atoms with van der Waals surface area (Å²) in [5.41, 5.74) is 0.733. The van der Waals surface area contributed by atoms with Gasteiger partial charge in [-0.15, -0.1) is 0 Å². The lowest BCUT2D eigenvalue weighted by atomic mass is 10.1. The average molecular weight is 328 g/mol. The maximum absolute atomic E-state index is 12.1. The molecule has 0 atom stereocenters. The van der Waals surface area contributed by atoms with Crippen molar-refractivity contribution in [2.45, 2.75) is 45.0 Å². The number of aromatic nitrogens is 1. The Morgan fingerprint density at radius 2 is 1.82 bits per heavy atom. The minimum absolute atomic E-state index is 0.0508. The fraction of sp³-hybridized carbons (Fsp3) is 0.667. The molecule has 1 aliphatic rings. The fourth-order valence-corrected chi connectivity index (χ4v) is 3.82. The topological polar surface area (TPSA) is 68.6 Å². The predicted molar refractivity (Wildman–Crippen MR) is 85.7 cm³/mol. The Balaban J connectivity index is 2.00. The monoisotopic (exact) mass is 328 g/mol. The van der Waals surface area contributed by atoms with Crippen LogP contribution in [0.3, 0.4) is 0 Å². The first-order valence-electron chi connectivity index (χ1n) is 7.55. The second-order valence-corrected chi connectivity index (χ2v) is 8.53. The lowest BCUT2D eigenvalue weighted by Crippen LogP contribution is -2.44. The molecule has 1 fully saturated rings. The highest BCUT2D eigenvalue weighted by Crippen LogP contribution is 2.21. The SMILES string of the molecule is Cc1cc(OC2CCN(S(=O)(=O)C(C)C)CC2)cc(=O)n1C. The third-order valence-electron chi connectivity index (χ3n) is 4.14. The third-order valence-corrected chi connectivity index (χ3v) is 6.41. The van der Waals surface area contributed by atoms with Crippen LogP contribution >= 0.6 is 0 Å². The van der Waals surface area contributed by atoms with Crippen molar-refractivity contribution < 1.29 is 13.2 Å². The highest BCUT2D eigenvalue weighted by molar-refractivity contribution is 7.89. The number of piperidine rings is 1. The molecule has 22 heavy (non-hydrogen) atoms. The number of hydrogen-bond acceptors (Lipinski definition) is 4. The fourth-order valence-electron chi connectivity index (χ4n) is 2.50. The van der Waals surface area contributed by atoms with Crippen LogP contribution in [-0.2, 0) is 17.1 Å². The quantitative estimate of drug-likeness (QED) is 0.835. The van der Waals surface area contributed by atoms with E-state index in [1.165, 1.54) is 10.4 Å². The average Bonchev–Trinajstić information content (AvgIpc) is 2.45. The summed E-state index contributed by atoms with van der Waals surface area (Å²) < 4.78 is 33.2. The molecule has 0 unspecified atom stereocenters. The summed E-state index contributed by atoms with van der Waals surface area (Å²) >= 11 is 0. The molecule has 1 aromatic rings. The van der Waals surface area contributed by atoms with E-state index in [2.05, 4.69) is 0 Å². The molecule has 0 amide bonds. The zero-order chi connectivity index (χ0) is 16.5. The second-order valence-electron chi connectivity index (χ2n) is 6.04. The Hall–Kier alpha value is -1.34. The van der Waals surface area contributed by atoms with E-state index in [9.17, 15) is 13.2 Å². The minimum atomic E-state index is -3.19. The summed E-state index contributed by atoms with van der Waals surface area (Å²) in [6.07, 6.45) is 1.23. The zero-order valence-corrected chi connectivity index (χ0v) is 14.4. The van der Waals surface area contributed by atoms with E-state index >= 15 is 0 Å². The van der Waals surface area contributed by atoms with Gasteiger partial charge < -0.3 is 9.30 Å². The molecule has 0 spiro atoms. The number of aryl methyl sites for hydroxylation is 1. The second kappa shape index (κ2) is 6.42. The molecule has 2 rings (SSSR count). The highest BCUT2D eigenvalue weighted by Gasteiger charge is 2.30. The van der Waals surface area contributed by atoms with Gasteiger partial charge in [-0.2, -0.15) is 0 Å². The van der Waals surface area contributed by atoms with Crippen LogP contribution in [-0.4, -0.2) is 41.7 Å². The van der Waals surface area contributed by atoms with Gasteiger partial charge in [0.25, 0.3) is 5.56 Å². The molecule has 7 heteroatoms. The van der Waals surface area contributed by atoms with Crippen LogP contribution in [0.4, 0.5) is 0 Å². The van der Waals surface area contributed by atoms with Crippen molar-refractivity contribution in [1.82, 2.24) is 8.87 Å². The number of pyridine rings is 1. The van der Waals surface area contributed by atoms with Gasteiger partial charge in [-0.3, -0.25) is 4.79 Å². The van der Waals surface area contributed by atoms with Gasteiger partial charge in [-0.1, -0.05) is 0 Å². The number of rotatable bonds is 4. The summed E-state index contributed by atoms with van der Waals surface area (Å²) in [4.78, 5) is 11.8. The summed E-state index contributed by atoms with van der Waals surface area (Å²) in [6.45, 7) is 6.18. The minimum Gasteiger partial charge on any atom is -0.490 e. The zero-order valence-electron chi connectivity index (χ0n) is 13.6. The van der Waals surface area contributed by atoms with Gasteiger partial charge in [0, 0.05) is 31.9 Å². The van der Waals surface area contributed by atoms with Gasteiger partial charge in [0.05, 0.1) is 5.25 Å². The van der Waals surface area contributed by atoms with Gasteiger partial charge in [-0.05, 0) is 39.7 Å². The summed E-state index contributed by atoms with van der Waals surface area (Å²) in [6, 6.07) is 3.31. The normalized spacial score (nSPS) is 17.9. The van der Waals surface area contributed by atoms with Crippen molar-refractivity contribution in [3.05, 3.63) is 28.2 Å². The molecule has 0 radical (unpaired) electrons. The Kier molecular flexibility index (Phi) is 4.97. The molecule has 0 bridgehead atoms. The molecule has 1 aromatic heterocycles. The number of ether oxygens (including phenoxy) is 1. The molecule has 1 aliphatic heterocycles. The summed E-state index contributed by atoms with van der Waals surface area (Å²) in [7, 11) is -1.47. The van der Waals surface area contributed by atoms with Crippen LogP contribution in [0.15, 0.2) is 16.9 Å². The molecule has 0 N–H and O–H groups in total. The molecule has 0 aliphatic carbocycles. The van der Waals surface area contributed by atoms with Crippen LogP contribution in [0, 0.1) is 6.92 Å². The summed E-state index contributed by atoms with van der Waals surface area (Å²) in [5, 5.41) is -0.398. The summed E-state index contributed by atoms with van der Waals surface area (Å²) in [5.74, 6) is 0.561. The van der Waals surface area contributed by atoms with E-state index in [0.717, 1.165) is 5.69 Å². The number of nitrogens with zero attached hydrogens (tertiary/aromatic N) is 2. The molecular weight excluding hydrogens is 304 g/mol. The first-order valence-corrected chi connectivity index (χ1v) is 9.05. The van der Waals surface area contributed by atoms with Crippen LogP contribution < -0.4 is 10.3 Å². The van der Waals surface area contributed by atoms with Crippen LogP contribution in [0.5, 0.6) is 5.75 Å². The van der Waals surface area contributed by atoms with Crippen LogP contribution in [0.25, 0.3) is 0 Å². The van der Waals surface area contributed by atoms with E-state index in [-0.39, 0.29) is 11.7 Å². The Morgan fingerprint density at radius 3 is 2.32 bits per heavy atom. The van der Waals surface area contributed by atoms with Crippen LogP contribution in [0.2, 0.25) is 0 Å². The van der Waals surface area contributed by atoms with E-state index < -0.39 is 15.3 Å². The van der Waals surface area contributed by atoms with E-state index in [1.54, 1.807) is 25.5 Å².